The van der Waals surface area contributed by atoms with E-state index in [9.17, 15) is 4.79 Å². The predicted molar refractivity (Wildman–Crippen MR) is 73.6 cm³/mol. The second-order valence-corrected chi connectivity index (χ2v) is 5.12. The van der Waals surface area contributed by atoms with Gasteiger partial charge in [0.1, 0.15) is 0 Å². The summed E-state index contributed by atoms with van der Waals surface area (Å²) in [4.78, 5) is 12.0. The van der Waals surface area contributed by atoms with Crippen LogP contribution in [0.25, 0.3) is 0 Å². The van der Waals surface area contributed by atoms with E-state index in [2.05, 4.69) is 31.4 Å². The van der Waals surface area contributed by atoms with Gasteiger partial charge in [0, 0.05) is 27.3 Å². The normalized spacial score (nSPS) is 10.4. The first-order valence-corrected chi connectivity index (χ1v) is 6.47. The summed E-state index contributed by atoms with van der Waals surface area (Å²) >= 11 is 9.14. The van der Waals surface area contributed by atoms with Gasteiger partial charge in [-0.2, -0.15) is 5.10 Å². The molecule has 0 fully saturated rings. The standard InChI is InChI=1S/C12H11BrClN3O/c1-7-8(6-16-17-7)5-15-12(18)10-3-2-9(14)4-11(10)13/h2-4,6H,5H2,1H3,(H,15,18)(H,16,17). The molecule has 0 spiro atoms. The molecular weight excluding hydrogens is 318 g/mol. The number of amides is 1. The molecule has 0 unspecified atom stereocenters. The van der Waals surface area contributed by atoms with Crippen LogP contribution >= 0.6 is 27.5 Å². The van der Waals surface area contributed by atoms with Gasteiger partial charge in [-0.05, 0) is 41.1 Å². The molecule has 0 atom stereocenters. The Morgan fingerprint density at radius 2 is 2.33 bits per heavy atom. The van der Waals surface area contributed by atoms with E-state index in [-0.39, 0.29) is 5.91 Å². The third-order valence-electron chi connectivity index (χ3n) is 2.55. The Bertz CT molecular complexity index is 582. The molecule has 1 aromatic heterocycles. The molecule has 0 bridgehead atoms. The summed E-state index contributed by atoms with van der Waals surface area (Å²) in [6.45, 7) is 2.35. The number of carbonyl (C=O) groups excluding carboxylic acids is 1. The highest BCUT2D eigenvalue weighted by Crippen LogP contribution is 2.21. The van der Waals surface area contributed by atoms with Crippen LogP contribution in [0, 0.1) is 6.92 Å². The first kappa shape index (κ1) is 13.1. The highest BCUT2D eigenvalue weighted by atomic mass is 79.9. The summed E-state index contributed by atoms with van der Waals surface area (Å²) in [5.74, 6) is -0.154. The number of benzene rings is 1. The quantitative estimate of drug-likeness (QED) is 0.910. The van der Waals surface area contributed by atoms with Gasteiger partial charge in [-0.1, -0.05) is 11.6 Å². The first-order valence-electron chi connectivity index (χ1n) is 5.30. The van der Waals surface area contributed by atoms with Crippen molar-refractivity contribution in [2.45, 2.75) is 13.5 Å². The van der Waals surface area contributed by atoms with Crippen molar-refractivity contribution < 1.29 is 4.79 Å². The smallest absolute Gasteiger partial charge is 0.252 e. The van der Waals surface area contributed by atoms with Gasteiger partial charge in [0.2, 0.25) is 0 Å². The first-order chi connectivity index (χ1) is 8.58. The number of aryl methyl sites for hydroxylation is 1. The topological polar surface area (TPSA) is 57.8 Å². The minimum atomic E-state index is -0.154. The number of rotatable bonds is 3. The number of carbonyl (C=O) groups is 1. The summed E-state index contributed by atoms with van der Waals surface area (Å²) in [5.41, 5.74) is 2.47. The van der Waals surface area contributed by atoms with Gasteiger partial charge in [-0.3, -0.25) is 9.89 Å². The van der Waals surface area contributed by atoms with E-state index in [4.69, 9.17) is 11.6 Å². The number of halogens is 2. The van der Waals surface area contributed by atoms with E-state index in [0.717, 1.165) is 11.3 Å². The van der Waals surface area contributed by atoms with Crippen molar-refractivity contribution in [1.82, 2.24) is 15.5 Å². The minimum Gasteiger partial charge on any atom is -0.348 e. The third-order valence-corrected chi connectivity index (χ3v) is 3.44. The van der Waals surface area contributed by atoms with Crippen molar-refractivity contribution in [2.24, 2.45) is 0 Å². The van der Waals surface area contributed by atoms with Crippen molar-refractivity contribution in [1.29, 1.82) is 0 Å². The Morgan fingerprint density at radius 1 is 1.56 bits per heavy atom. The molecule has 6 heteroatoms. The van der Waals surface area contributed by atoms with Crippen molar-refractivity contribution in [3.05, 3.63) is 50.7 Å². The largest absolute Gasteiger partial charge is 0.348 e. The van der Waals surface area contributed by atoms with Gasteiger partial charge >= 0.3 is 0 Å². The average Bonchev–Trinajstić information content (AvgIpc) is 2.72. The lowest BCUT2D eigenvalue weighted by Gasteiger charge is -2.06. The molecule has 1 amide bonds. The van der Waals surface area contributed by atoms with Gasteiger partial charge in [0.15, 0.2) is 0 Å². The third kappa shape index (κ3) is 2.91. The molecule has 0 saturated heterocycles. The Balaban J connectivity index is 2.06. The molecule has 2 N–H and O–H groups in total. The van der Waals surface area contributed by atoms with Crippen molar-refractivity contribution in [3.63, 3.8) is 0 Å². The van der Waals surface area contributed by atoms with E-state index < -0.39 is 0 Å². The zero-order valence-corrected chi connectivity index (χ0v) is 12.0. The molecule has 94 valence electrons. The zero-order chi connectivity index (χ0) is 13.1. The molecule has 2 rings (SSSR count). The predicted octanol–water partition coefficient (Wildman–Crippen LogP) is 3.06. The van der Waals surface area contributed by atoms with Gasteiger partial charge < -0.3 is 5.32 Å². The lowest BCUT2D eigenvalue weighted by molar-refractivity contribution is 0.0950. The maximum Gasteiger partial charge on any atom is 0.252 e. The van der Waals surface area contributed by atoms with Gasteiger partial charge in [0.25, 0.3) is 5.91 Å². The van der Waals surface area contributed by atoms with Crippen LogP contribution in [0.4, 0.5) is 0 Å². The molecule has 1 heterocycles. The second-order valence-electron chi connectivity index (χ2n) is 3.83. The SMILES string of the molecule is Cc1[nH]ncc1CNC(=O)c1ccc(Cl)cc1Br. The summed E-state index contributed by atoms with van der Waals surface area (Å²) < 4.78 is 0.677. The Morgan fingerprint density at radius 3 is 2.94 bits per heavy atom. The highest BCUT2D eigenvalue weighted by Gasteiger charge is 2.10. The van der Waals surface area contributed by atoms with Crippen LogP contribution in [0.5, 0.6) is 0 Å². The lowest BCUT2D eigenvalue weighted by atomic mass is 10.2. The van der Waals surface area contributed by atoms with E-state index in [1.807, 2.05) is 6.92 Å². The maximum atomic E-state index is 12.0. The van der Waals surface area contributed by atoms with Gasteiger partial charge in [0.05, 0.1) is 11.8 Å². The number of hydrogen-bond donors (Lipinski definition) is 2. The maximum absolute atomic E-state index is 12.0. The van der Waals surface area contributed by atoms with Crippen LogP contribution in [0.15, 0.2) is 28.9 Å². The molecule has 0 aliphatic rings. The van der Waals surface area contributed by atoms with Crippen LogP contribution in [0.1, 0.15) is 21.6 Å². The summed E-state index contributed by atoms with van der Waals surface area (Å²) in [6, 6.07) is 5.06. The Labute approximate surface area is 118 Å². The van der Waals surface area contributed by atoms with E-state index in [1.54, 1.807) is 24.4 Å². The Kier molecular flexibility index (Phi) is 4.04. The van der Waals surface area contributed by atoms with Crippen LogP contribution in [0.3, 0.4) is 0 Å². The molecule has 0 aliphatic heterocycles. The average molecular weight is 329 g/mol. The number of nitrogens with zero attached hydrogens (tertiary/aromatic N) is 1. The molecule has 1 aromatic carbocycles. The van der Waals surface area contributed by atoms with Crippen molar-refractivity contribution in [2.75, 3.05) is 0 Å². The number of nitrogens with one attached hydrogen (secondary N) is 2. The lowest BCUT2D eigenvalue weighted by Crippen LogP contribution is -2.23. The fraction of sp³-hybridized carbons (Fsp3) is 0.167. The molecule has 2 aromatic rings. The fourth-order valence-corrected chi connectivity index (χ4v) is 2.36. The van der Waals surface area contributed by atoms with Crippen LogP contribution in [-0.2, 0) is 6.54 Å². The van der Waals surface area contributed by atoms with E-state index >= 15 is 0 Å². The molecule has 0 aliphatic carbocycles. The van der Waals surface area contributed by atoms with Crippen molar-refractivity contribution >= 4 is 33.4 Å². The number of aromatic nitrogens is 2. The number of aromatic amines is 1. The molecule has 18 heavy (non-hydrogen) atoms. The second kappa shape index (κ2) is 5.54. The fourth-order valence-electron chi connectivity index (χ4n) is 1.50. The summed E-state index contributed by atoms with van der Waals surface area (Å²) in [6.07, 6.45) is 1.70. The van der Waals surface area contributed by atoms with Gasteiger partial charge in [-0.15, -0.1) is 0 Å². The van der Waals surface area contributed by atoms with E-state index in [0.29, 0.717) is 21.6 Å². The zero-order valence-electron chi connectivity index (χ0n) is 9.63. The molecule has 0 saturated carbocycles. The molecule has 0 radical (unpaired) electrons. The number of hydrogen-bond acceptors (Lipinski definition) is 2. The minimum absolute atomic E-state index is 0.154. The number of H-pyrrole nitrogens is 1. The summed E-state index contributed by atoms with van der Waals surface area (Å²) in [5, 5.41) is 10.1. The highest BCUT2D eigenvalue weighted by molar-refractivity contribution is 9.10. The van der Waals surface area contributed by atoms with Gasteiger partial charge in [-0.25, -0.2) is 0 Å². The summed E-state index contributed by atoms with van der Waals surface area (Å²) in [7, 11) is 0. The van der Waals surface area contributed by atoms with Crippen LogP contribution in [0.2, 0.25) is 5.02 Å². The van der Waals surface area contributed by atoms with Crippen molar-refractivity contribution in [3.8, 4) is 0 Å². The monoisotopic (exact) mass is 327 g/mol. The van der Waals surface area contributed by atoms with Crippen LogP contribution < -0.4 is 5.32 Å². The van der Waals surface area contributed by atoms with E-state index in [1.165, 1.54) is 0 Å². The molecular formula is C12H11BrClN3O. The van der Waals surface area contributed by atoms with Crippen LogP contribution in [-0.4, -0.2) is 16.1 Å². The Hall–Kier alpha value is -1.33. The molecule has 4 nitrogen and oxygen atoms in total.